The van der Waals surface area contributed by atoms with Crippen molar-refractivity contribution in [1.29, 1.82) is 5.41 Å². The Balaban J connectivity index is 1.80. The number of imidazole rings is 1. The van der Waals surface area contributed by atoms with Gasteiger partial charge in [0, 0.05) is 24.6 Å². The van der Waals surface area contributed by atoms with E-state index < -0.39 is 23.2 Å². The zero-order valence-electron chi connectivity index (χ0n) is 18.1. The van der Waals surface area contributed by atoms with Crippen molar-refractivity contribution in [3.63, 3.8) is 0 Å². The van der Waals surface area contributed by atoms with Gasteiger partial charge in [-0.05, 0) is 19.9 Å². The molecule has 1 aliphatic carbocycles. The van der Waals surface area contributed by atoms with Gasteiger partial charge in [0.1, 0.15) is 5.84 Å². The molecular formula is C21H26F3N7O. The highest BCUT2D eigenvalue weighted by atomic mass is 19.4. The minimum atomic E-state index is -4.43. The van der Waals surface area contributed by atoms with Crippen molar-refractivity contribution in [2.75, 3.05) is 36.5 Å². The van der Waals surface area contributed by atoms with E-state index in [0.717, 1.165) is 6.08 Å². The molecule has 172 valence electrons. The Morgan fingerprint density at radius 3 is 2.66 bits per heavy atom. The van der Waals surface area contributed by atoms with Crippen LogP contribution >= 0.6 is 0 Å². The number of aromatic nitrogens is 3. The van der Waals surface area contributed by atoms with E-state index in [9.17, 15) is 13.2 Å². The lowest BCUT2D eigenvalue weighted by Crippen LogP contribution is -2.44. The average Bonchev–Trinajstić information content (AvgIpc) is 3.04. The quantitative estimate of drug-likeness (QED) is 0.490. The van der Waals surface area contributed by atoms with Gasteiger partial charge in [-0.1, -0.05) is 25.2 Å². The molecule has 1 aliphatic heterocycles. The molecule has 2 aromatic rings. The molecule has 0 amide bonds. The predicted octanol–water partition coefficient (Wildman–Crippen LogP) is 3.02. The minimum Gasteiger partial charge on any atom is -0.384 e. The number of nitrogen functional groups attached to an aromatic ring is 1. The van der Waals surface area contributed by atoms with E-state index in [1.807, 2.05) is 4.90 Å². The van der Waals surface area contributed by atoms with Crippen LogP contribution in [0.3, 0.4) is 0 Å². The van der Waals surface area contributed by atoms with E-state index in [2.05, 4.69) is 10.3 Å². The molecule has 2 unspecified atom stereocenters. The normalized spacial score (nSPS) is 24.0. The molecule has 0 spiro atoms. The van der Waals surface area contributed by atoms with Gasteiger partial charge in [-0.3, -0.25) is 5.41 Å². The summed E-state index contributed by atoms with van der Waals surface area (Å²) in [7, 11) is 0. The van der Waals surface area contributed by atoms with Crippen molar-refractivity contribution in [3.8, 4) is 0 Å². The molecule has 0 radical (unpaired) electrons. The molecule has 4 rings (SSSR count). The Hall–Kier alpha value is -3.08. The van der Waals surface area contributed by atoms with Gasteiger partial charge in [0.2, 0.25) is 0 Å². The SMILES string of the molecule is Cc1nc2c(C(=N)N)cc(N3CCOCC3)nn2c1NC1(C)C=CC=C(C(F)(F)F)C1C. The maximum Gasteiger partial charge on any atom is 0.413 e. The first kappa shape index (κ1) is 22.1. The van der Waals surface area contributed by atoms with Gasteiger partial charge < -0.3 is 20.7 Å². The van der Waals surface area contributed by atoms with Crippen molar-refractivity contribution in [1.82, 2.24) is 14.6 Å². The van der Waals surface area contributed by atoms with E-state index in [-0.39, 0.29) is 5.84 Å². The number of hydrogen-bond donors (Lipinski definition) is 3. The lowest BCUT2D eigenvalue weighted by atomic mass is 9.78. The van der Waals surface area contributed by atoms with Crippen LogP contribution in [0.25, 0.3) is 5.65 Å². The summed E-state index contributed by atoms with van der Waals surface area (Å²) in [6, 6.07) is 1.72. The van der Waals surface area contributed by atoms with Crippen LogP contribution in [0.2, 0.25) is 0 Å². The van der Waals surface area contributed by atoms with E-state index >= 15 is 0 Å². The van der Waals surface area contributed by atoms with Gasteiger partial charge in [-0.25, -0.2) is 4.98 Å². The number of amidine groups is 1. The third-order valence-electron chi connectivity index (χ3n) is 6.17. The Morgan fingerprint density at radius 2 is 2.03 bits per heavy atom. The number of morpholine rings is 1. The largest absolute Gasteiger partial charge is 0.413 e. The third kappa shape index (κ3) is 3.81. The standard InChI is InChI=1S/C21H26F3N7O/c1-12-15(21(22,23)24)5-4-6-20(12,3)28-18-13(2)27-19-14(17(25)26)11-16(29-31(18)19)30-7-9-32-10-8-30/h4-6,11-12,28H,7-10H2,1-3H3,(H3,25,26). The predicted molar refractivity (Wildman–Crippen MR) is 116 cm³/mol. The van der Waals surface area contributed by atoms with Gasteiger partial charge in [-0.2, -0.15) is 17.7 Å². The highest BCUT2D eigenvalue weighted by Gasteiger charge is 2.45. The smallest absolute Gasteiger partial charge is 0.384 e. The third-order valence-corrected chi connectivity index (χ3v) is 6.17. The first-order valence-electron chi connectivity index (χ1n) is 10.3. The number of fused-ring (bicyclic) bond motifs is 1. The van der Waals surface area contributed by atoms with Crippen LogP contribution in [0.1, 0.15) is 25.1 Å². The Kier molecular flexibility index (Phi) is 5.40. The second-order valence-electron chi connectivity index (χ2n) is 8.32. The summed E-state index contributed by atoms with van der Waals surface area (Å²) >= 11 is 0. The Bertz CT molecular complexity index is 1110. The summed E-state index contributed by atoms with van der Waals surface area (Å²) in [5.74, 6) is 0.0368. The van der Waals surface area contributed by atoms with Crippen molar-refractivity contribution in [3.05, 3.63) is 41.1 Å². The van der Waals surface area contributed by atoms with Crippen LogP contribution in [0.5, 0.6) is 0 Å². The number of nitrogens with zero attached hydrogens (tertiary/aromatic N) is 4. The number of nitrogens with two attached hydrogens (primary N) is 1. The first-order chi connectivity index (χ1) is 15.0. The number of aryl methyl sites for hydroxylation is 1. The van der Waals surface area contributed by atoms with E-state index in [4.69, 9.17) is 21.0 Å². The molecular weight excluding hydrogens is 423 g/mol. The van der Waals surface area contributed by atoms with Gasteiger partial charge in [0.05, 0.1) is 30.0 Å². The van der Waals surface area contributed by atoms with E-state index in [1.165, 1.54) is 10.6 Å². The van der Waals surface area contributed by atoms with Crippen molar-refractivity contribution < 1.29 is 17.9 Å². The molecule has 2 atom stereocenters. The van der Waals surface area contributed by atoms with Crippen molar-refractivity contribution in [2.45, 2.75) is 32.5 Å². The fourth-order valence-corrected chi connectivity index (χ4v) is 4.11. The molecule has 32 heavy (non-hydrogen) atoms. The topological polar surface area (TPSA) is 105 Å². The second kappa shape index (κ2) is 7.80. The number of rotatable bonds is 4. The number of hydrogen-bond acceptors (Lipinski definition) is 6. The van der Waals surface area contributed by atoms with Crippen LogP contribution < -0.4 is 16.0 Å². The van der Waals surface area contributed by atoms with Crippen LogP contribution in [-0.2, 0) is 4.74 Å². The van der Waals surface area contributed by atoms with E-state index in [0.29, 0.717) is 54.8 Å². The van der Waals surface area contributed by atoms with Crippen LogP contribution in [-0.4, -0.2) is 58.5 Å². The summed E-state index contributed by atoms with van der Waals surface area (Å²) in [6.07, 6.45) is -0.186. The zero-order chi connectivity index (χ0) is 23.3. The van der Waals surface area contributed by atoms with Gasteiger partial charge in [0.25, 0.3) is 0 Å². The van der Waals surface area contributed by atoms with E-state index in [1.54, 1.807) is 32.9 Å². The molecule has 2 aliphatic rings. The molecule has 2 aromatic heterocycles. The molecule has 4 N–H and O–H groups in total. The Labute approximate surface area is 183 Å². The molecule has 3 heterocycles. The number of allylic oxidation sites excluding steroid dienone is 2. The Morgan fingerprint density at radius 1 is 1.34 bits per heavy atom. The number of ether oxygens (including phenoxy) is 1. The van der Waals surface area contributed by atoms with Gasteiger partial charge in [-0.15, -0.1) is 5.10 Å². The summed E-state index contributed by atoms with van der Waals surface area (Å²) in [5.41, 5.74) is 5.52. The molecule has 1 saturated heterocycles. The summed E-state index contributed by atoms with van der Waals surface area (Å²) in [5, 5.41) is 16.0. The van der Waals surface area contributed by atoms with Crippen molar-refractivity contribution >= 4 is 23.1 Å². The summed E-state index contributed by atoms with van der Waals surface area (Å²) in [4.78, 5) is 6.54. The molecule has 8 nitrogen and oxygen atoms in total. The minimum absolute atomic E-state index is 0.164. The summed E-state index contributed by atoms with van der Waals surface area (Å²) in [6.45, 7) is 7.36. The zero-order valence-corrected chi connectivity index (χ0v) is 18.1. The first-order valence-corrected chi connectivity index (χ1v) is 10.3. The molecule has 0 bridgehead atoms. The van der Waals surface area contributed by atoms with Gasteiger partial charge >= 0.3 is 6.18 Å². The maximum absolute atomic E-state index is 13.5. The number of anilines is 2. The average molecular weight is 449 g/mol. The lowest BCUT2D eigenvalue weighted by Gasteiger charge is -2.38. The van der Waals surface area contributed by atoms with Crippen LogP contribution in [0.4, 0.5) is 24.8 Å². The number of nitrogens with one attached hydrogen (secondary N) is 2. The monoisotopic (exact) mass is 449 g/mol. The highest BCUT2D eigenvalue weighted by Crippen LogP contribution is 2.41. The lowest BCUT2D eigenvalue weighted by molar-refractivity contribution is -0.100. The van der Waals surface area contributed by atoms with Crippen molar-refractivity contribution in [2.24, 2.45) is 11.7 Å². The number of alkyl halides is 3. The highest BCUT2D eigenvalue weighted by molar-refractivity contribution is 6.01. The summed E-state index contributed by atoms with van der Waals surface area (Å²) < 4.78 is 47.5. The van der Waals surface area contributed by atoms with Crippen LogP contribution in [0, 0.1) is 18.3 Å². The fraction of sp³-hybridized carbons (Fsp3) is 0.476. The molecule has 0 saturated carbocycles. The maximum atomic E-state index is 13.5. The molecule has 1 fully saturated rings. The van der Waals surface area contributed by atoms with Crippen LogP contribution in [0.15, 0.2) is 29.9 Å². The molecule has 11 heteroatoms. The second-order valence-corrected chi connectivity index (χ2v) is 8.32. The number of halogens is 3. The van der Waals surface area contributed by atoms with Gasteiger partial charge in [0.15, 0.2) is 17.3 Å². The molecule has 0 aromatic carbocycles. The fourth-order valence-electron chi connectivity index (χ4n) is 4.11.